The maximum Gasteiger partial charge on any atom is 0.249 e. The van der Waals surface area contributed by atoms with E-state index < -0.39 is 0 Å². The molecule has 0 spiro atoms. The van der Waals surface area contributed by atoms with Gasteiger partial charge in [0.2, 0.25) is 5.91 Å². The van der Waals surface area contributed by atoms with Crippen molar-refractivity contribution in [1.82, 2.24) is 10.4 Å². The van der Waals surface area contributed by atoms with Crippen LogP contribution in [0.4, 0.5) is 0 Å². The summed E-state index contributed by atoms with van der Waals surface area (Å²) in [6.45, 7) is 1.98. The van der Waals surface area contributed by atoms with Crippen molar-refractivity contribution in [2.45, 2.75) is 12.8 Å². The molecule has 2 rings (SSSR count). The van der Waals surface area contributed by atoms with Crippen LogP contribution >= 0.6 is 0 Å². The van der Waals surface area contributed by atoms with Crippen LogP contribution in [0.15, 0.2) is 0 Å². The first-order chi connectivity index (χ1) is 6.74. The lowest BCUT2D eigenvalue weighted by molar-refractivity contribution is -0.176. The Bertz CT molecular complexity index is 216. The topological polar surface area (TPSA) is 41.6 Å². The number of hydroxylamine groups is 2. The summed E-state index contributed by atoms with van der Waals surface area (Å²) < 4.78 is 0. The Morgan fingerprint density at radius 1 is 1.36 bits per heavy atom. The van der Waals surface area contributed by atoms with E-state index in [4.69, 9.17) is 4.84 Å². The van der Waals surface area contributed by atoms with Crippen LogP contribution in [0.5, 0.6) is 0 Å². The van der Waals surface area contributed by atoms with E-state index in [1.54, 1.807) is 14.2 Å². The molecule has 14 heavy (non-hydrogen) atoms. The number of nitrogens with one attached hydrogen (secondary N) is 1. The van der Waals surface area contributed by atoms with Gasteiger partial charge in [-0.3, -0.25) is 9.63 Å². The van der Waals surface area contributed by atoms with E-state index in [0.717, 1.165) is 13.1 Å². The first kappa shape index (κ1) is 9.93. The van der Waals surface area contributed by atoms with Crippen molar-refractivity contribution in [3.63, 3.8) is 0 Å². The van der Waals surface area contributed by atoms with E-state index in [0.29, 0.717) is 11.8 Å². The van der Waals surface area contributed by atoms with Gasteiger partial charge in [-0.1, -0.05) is 0 Å². The minimum absolute atomic E-state index is 0.154. The van der Waals surface area contributed by atoms with E-state index >= 15 is 0 Å². The molecule has 1 heterocycles. The molecule has 1 aliphatic carbocycles. The van der Waals surface area contributed by atoms with Crippen LogP contribution < -0.4 is 5.32 Å². The molecule has 1 saturated heterocycles. The monoisotopic (exact) mass is 198 g/mol. The Morgan fingerprint density at radius 3 is 2.43 bits per heavy atom. The summed E-state index contributed by atoms with van der Waals surface area (Å²) in [7, 11) is 3.24. The normalized spacial score (nSPS) is 35.7. The van der Waals surface area contributed by atoms with Crippen LogP contribution in [0, 0.1) is 17.8 Å². The largest absolute Gasteiger partial charge is 0.316 e. The van der Waals surface area contributed by atoms with E-state index in [-0.39, 0.29) is 11.8 Å². The fourth-order valence-electron chi connectivity index (χ4n) is 2.79. The van der Waals surface area contributed by atoms with Crippen LogP contribution in [0.2, 0.25) is 0 Å². The van der Waals surface area contributed by atoms with Crippen LogP contribution in [0.25, 0.3) is 0 Å². The fourth-order valence-corrected chi connectivity index (χ4v) is 2.79. The van der Waals surface area contributed by atoms with Crippen molar-refractivity contribution in [1.29, 1.82) is 0 Å². The lowest BCUT2D eigenvalue weighted by Crippen LogP contribution is -2.46. The Labute approximate surface area is 84.6 Å². The lowest BCUT2D eigenvalue weighted by atomic mass is 9.85. The van der Waals surface area contributed by atoms with E-state index in [2.05, 4.69) is 5.32 Å². The highest BCUT2D eigenvalue weighted by Gasteiger charge is 2.44. The Hall–Kier alpha value is -0.610. The molecule has 4 heteroatoms. The zero-order chi connectivity index (χ0) is 10.1. The number of rotatable bonds is 2. The third-order valence-corrected chi connectivity index (χ3v) is 3.61. The van der Waals surface area contributed by atoms with Crippen molar-refractivity contribution in [3.05, 3.63) is 0 Å². The van der Waals surface area contributed by atoms with Gasteiger partial charge < -0.3 is 5.32 Å². The summed E-state index contributed by atoms with van der Waals surface area (Å²) in [5, 5.41) is 4.75. The van der Waals surface area contributed by atoms with Crippen LogP contribution in [0.3, 0.4) is 0 Å². The van der Waals surface area contributed by atoms with E-state index in [9.17, 15) is 4.79 Å². The molecular formula is C10H18N2O2. The van der Waals surface area contributed by atoms with Crippen molar-refractivity contribution in [2.75, 3.05) is 27.2 Å². The second-order valence-corrected chi connectivity index (χ2v) is 4.30. The van der Waals surface area contributed by atoms with Crippen molar-refractivity contribution in [2.24, 2.45) is 17.8 Å². The zero-order valence-electron chi connectivity index (χ0n) is 8.82. The number of carbonyl (C=O) groups excluding carboxylic acids is 1. The molecule has 1 aliphatic heterocycles. The standard InChI is InChI=1S/C10H18N2O2/c1-12(14-2)10(13)9-7-3-4-8(9)6-11-5-7/h7-9,11H,3-6H2,1-2H3. The molecule has 2 bridgehead atoms. The van der Waals surface area contributed by atoms with Crippen molar-refractivity contribution >= 4 is 5.91 Å². The molecule has 80 valence electrons. The summed E-state index contributed by atoms with van der Waals surface area (Å²) >= 11 is 0. The summed E-state index contributed by atoms with van der Waals surface area (Å²) in [5.41, 5.74) is 0. The summed E-state index contributed by atoms with van der Waals surface area (Å²) in [5.74, 6) is 1.40. The molecule has 0 radical (unpaired) electrons. The molecule has 0 aromatic heterocycles. The van der Waals surface area contributed by atoms with E-state index in [1.165, 1.54) is 17.9 Å². The molecule has 4 nitrogen and oxygen atoms in total. The Kier molecular flexibility index (Phi) is 2.74. The SMILES string of the molecule is CON(C)C(=O)C1C2CCC1CNC2. The Balaban J connectivity index is 2.07. The molecule has 2 atom stereocenters. The zero-order valence-corrected chi connectivity index (χ0v) is 8.82. The average molecular weight is 198 g/mol. The minimum Gasteiger partial charge on any atom is -0.316 e. The van der Waals surface area contributed by atoms with Crippen LogP contribution in [-0.2, 0) is 9.63 Å². The highest BCUT2D eigenvalue weighted by atomic mass is 16.7. The highest BCUT2D eigenvalue weighted by Crippen LogP contribution is 2.39. The second kappa shape index (κ2) is 3.87. The third kappa shape index (κ3) is 1.53. The average Bonchev–Trinajstić information content (AvgIpc) is 2.46. The van der Waals surface area contributed by atoms with Crippen LogP contribution in [-0.4, -0.2) is 38.2 Å². The van der Waals surface area contributed by atoms with Gasteiger partial charge in [-0.2, -0.15) is 0 Å². The smallest absolute Gasteiger partial charge is 0.249 e. The van der Waals surface area contributed by atoms with Gasteiger partial charge >= 0.3 is 0 Å². The number of hydrogen-bond donors (Lipinski definition) is 1. The van der Waals surface area contributed by atoms with Gasteiger partial charge in [0.15, 0.2) is 0 Å². The minimum atomic E-state index is 0.154. The summed E-state index contributed by atoms with van der Waals surface area (Å²) in [4.78, 5) is 16.9. The molecule has 0 aromatic carbocycles. The number of amides is 1. The molecule has 1 N–H and O–H groups in total. The number of piperidine rings is 1. The highest BCUT2D eigenvalue weighted by molar-refractivity contribution is 5.78. The van der Waals surface area contributed by atoms with Gasteiger partial charge in [-0.05, 0) is 37.8 Å². The van der Waals surface area contributed by atoms with Crippen molar-refractivity contribution in [3.8, 4) is 0 Å². The molecular weight excluding hydrogens is 180 g/mol. The van der Waals surface area contributed by atoms with Crippen molar-refractivity contribution < 1.29 is 9.63 Å². The number of hydrogen-bond acceptors (Lipinski definition) is 3. The number of carbonyl (C=O) groups is 1. The second-order valence-electron chi connectivity index (χ2n) is 4.30. The quantitative estimate of drug-likeness (QED) is 0.647. The first-order valence-electron chi connectivity index (χ1n) is 5.26. The predicted molar refractivity (Wildman–Crippen MR) is 52.4 cm³/mol. The predicted octanol–water partition coefficient (Wildman–Crippen LogP) is 0.252. The molecule has 2 unspecified atom stereocenters. The number of fused-ring (bicyclic) bond motifs is 2. The van der Waals surface area contributed by atoms with Gasteiger partial charge in [0, 0.05) is 13.0 Å². The summed E-state index contributed by atoms with van der Waals surface area (Å²) in [6, 6.07) is 0. The van der Waals surface area contributed by atoms with Gasteiger partial charge in [0.05, 0.1) is 7.11 Å². The summed E-state index contributed by atoms with van der Waals surface area (Å²) in [6.07, 6.45) is 2.37. The Morgan fingerprint density at radius 2 is 1.93 bits per heavy atom. The fraction of sp³-hybridized carbons (Fsp3) is 0.900. The maximum atomic E-state index is 12.0. The van der Waals surface area contributed by atoms with Crippen LogP contribution in [0.1, 0.15) is 12.8 Å². The van der Waals surface area contributed by atoms with Gasteiger partial charge in [0.25, 0.3) is 0 Å². The lowest BCUT2D eigenvalue weighted by Gasteiger charge is -2.31. The molecule has 2 fully saturated rings. The number of nitrogens with zero attached hydrogens (tertiary/aromatic N) is 1. The third-order valence-electron chi connectivity index (χ3n) is 3.61. The molecule has 0 aromatic rings. The molecule has 1 saturated carbocycles. The first-order valence-corrected chi connectivity index (χ1v) is 5.26. The van der Waals surface area contributed by atoms with E-state index in [1.807, 2.05) is 0 Å². The van der Waals surface area contributed by atoms with Gasteiger partial charge in [-0.25, -0.2) is 5.06 Å². The maximum absolute atomic E-state index is 12.0. The van der Waals surface area contributed by atoms with Gasteiger partial charge in [0.1, 0.15) is 0 Å². The molecule has 1 amide bonds. The van der Waals surface area contributed by atoms with Gasteiger partial charge in [-0.15, -0.1) is 0 Å². The molecule has 2 aliphatic rings.